The van der Waals surface area contributed by atoms with Crippen molar-refractivity contribution in [1.29, 1.82) is 0 Å². The second kappa shape index (κ2) is 7.31. The molecular weight excluding hydrogens is 290 g/mol. The lowest BCUT2D eigenvalue weighted by molar-refractivity contribution is -0.138. The Morgan fingerprint density at radius 1 is 1.52 bits per heavy atom. The van der Waals surface area contributed by atoms with Gasteiger partial charge in [0.1, 0.15) is 0 Å². The number of aromatic nitrogens is 1. The van der Waals surface area contributed by atoms with E-state index in [4.69, 9.17) is 5.11 Å². The van der Waals surface area contributed by atoms with E-state index in [0.29, 0.717) is 18.8 Å². The highest BCUT2D eigenvalue weighted by molar-refractivity contribution is 7.99. The van der Waals surface area contributed by atoms with E-state index in [1.165, 1.54) is 0 Å². The van der Waals surface area contributed by atoms with Gasteiger partial charge in [-0.05, 0) is 19.1 Å². The van der Waals surface area contributed by atoms with Crippen LogP contribution < -0.4 is 5.32 Å². The molecule has 21 heavy (non-hydrogen) atoms. The number of hydrogen-bond acceptors (Lipinski definition) is 4. The van der Waals surface area contributed by atoms with E-state index in [2.05, 4.69) is 10.3 Å². The summed E-state index contributed by atoms with van der Waals surface area (Å²) in [5.74, 6) is 0.634. The topological polar surface area (TPSA) is 82.5 Å². The van der Waals surface area contributed by atoms with Gasteiger partial charge in [-0.1, -0.05) is 6.07 Å². The maximum Gasteiger partial charge on any atom is 0.318 e. The number of carbonyl (C=O) groups is 2. The van der Waals surface area contributed by atoms with Crippen LogP contribution in [0.25, 0.3) is 0 Å². The van der Waals surface area contributed by atoms with E-state index in [1.807, 2.05) is 25.1 Å². The van der Waals surface area contributed by atoms with Gasteiger partial charge in [0.25, 0.3) is 0 Å². The normalized spacial score (nSPS) is 18.3. The second-order valence-electron chi connectivity index (χ2n) is 4.95. The number of carboxylic acid groups (broad SMARTS) is 1. The van der Waals surface area contributed by atoms with Crippen LogP contribution >= 0.6 is 11.8 Å². The molecule has 0 aromatic carbocycles. The lowest BCUT2D eigenvalue weighted by Crippen LogP contribution is -2.51. The largest absolute Gasteiger partial charge is 0.481 e. The van der Waals surface area contributed by atoms with E-state index in [1.54, 1.807) is 16.7 Å². The van der Waals surface area contributed by atoms with E-state index >= 15 is 0 Å². The third kappa shape index (κ3) is 4.63. The number of carbonyl (C=O) groups excluding carboxylic acids is 1. The minimum atomic E-state index is -0.874. The molecule has 6 nitrogen and oxygen atoms in total. The van der Waals surface area contributed by atoms with Gasteiger partial charge in [-0.25, -0.2) is 4.79 Å². The summed E-state index contributed by atoms with van der Waals surface area (Å²) in [6.45, 7) is 2.83. The third-order valence-electron chi connectivity index (χ3n) is 3.27. The first-order chi connectivity index (χ1) is 10.1. The summed E-state index contributed by atoms with van der Waals surface area (Å²) in [5, 5.41) is 11.7. The van der Waals surface area contributed by atoms with Crippen LogP contribution in [0, 0.1) is 6.92 Å². The molecule has 114 valence electrons. The Kier molecular flexibility index (Phi) is 5.44. The van der Waals surface area contributed by atoms with Gasteiger partial charge in [-0.15, -0.1) is 0 Å². The molecule has 2 heterocycles. The number of pyridine rings is 1. The Balaban J connectivity index is 1.92. The first kappa shape index (κ1) is 15.6. The van der Waals surface area contributed by atoms with Gasteiger partial charge in [0.2, 0.25) is 0 Å². The van der Waals surface area contributed by atoms with Crippen LogP contribution in [0.4, 0.5) is 4.79 Å². The number of nitrogens with zero attached hydrogens (tertiary/aromatic N) is 2. The first-order valence-corrected chi connectivity index (χ1v) is 7.98. The fourth-order valence-corrected chi connectivity index (χ4v) is 3.32. The maximum atomic E-state index is 12.2. The van der Waals surface area contributed by atoms with E-state index in [-0.39, 0.29) is 18.5 Å². The highest BCUT2D eigenvalue weighted by Gasteiger charge is 2.28. The molecule has 7 heteroatoms. The molecule has 0 bridgehead atoms. The minimum absolute atomic E-state index is 0.0108. The van der Waals surface area contributed by atoms with Gasteiger partial charge < -0.3 is 15.3 Å². The van der Waals surface area contributed by atoms with Crippen LogP contribution in [0.3, 0.4) is 0 Å². The van der Waals surface area contributed by atoms with Crippen molar-refractivity contribution in [2.24, 2.45) is 0 Å². The van der Waals surface area contributed by atoms with Gasteiger partial charge in [0, 0.05) is 23.7 Å². The number of amides is 2. The molecule has 0 radical (unpaired) electrons. The number of urea groups is 1. The number of rotatable bonds is 4. The molecule has 0 saturated carbocycles. The van der Waals surface area contributed by atoms with Crippen LogP contribution in [0.15, 0.2) is 18.2 Å². The van der Waals surface area contributed by atoms with Gasteiger partial charge in [0.05, 0.1) is 24.7 Å². The third-order valence-corrected chi connectivity index (χ3v) is 4.36. The molecule has 1 atom stereocenters. The molecule has 2 amide bonds. The Morgan fingerprint density at radius 2 is 2.33 bits per heavy atom. The predicted molar refractivity (Wildman–Crippen MR) is 81.3 cm³/mol. The SMILES string of the molecule is Cc1cccc(CNC(=O)N2CCSCC2CC(=O)O)n1. The molecule has 1 aliphatic heterocycles. The molecule has 2 N–H and O–H groups in total. The van der Waals surface area contributed by atoms with Crippen molar-refractivity contribution in [3.63, 3.8) is 0 Å². The fourth-order valence-electron chi connectivity index (χ4n) is 2.26. The van der Waals surface area contributed by atoms with Crippen molar-refractivity contribution in [3.8, 4) is 0 Å². The number of aliphatic carboxylic acids is 1. The standard InChI is InChI=1S/C14H19N3O3S/c1-10-3-2-4-11(16-10)8-15-14(20)17-5-6-21-9-12(17)7-13(18)19/h2-4,12H,5-9H2,1H3,(H,15,20)(H,18,19). The fraction of sp³-hybridized carbons (Fsp3) is 0.500. The van der Waals surface area contributed by atoms with Crippen LogP contribution in [-0.2, 0) is 11.3 Å². The van der Waals surface area contributed by atoms with E-state index in [0.717, 1.165) is 17.1 Å². The molecule has 1 saturated heterocycles. The quantitative estimate of drug-likeness (QED) is 0.880. The Bertz CT molecular complexity index is 524. The molecule has 0 spiro atoms. The highest BCUT2D eigenvalue weighted by atomic mass is 32.2. The van der Waals surface area contributed by atoms with Crippen molar-refractivity contribution in [3.05, 3.63) is 29.6 Å². The van der Waals surface area contributed by atoms with Crippen LogP contribution in [-0.4, -0.2) is 51.1 Å². The first-order valence-electron chi connectivity index (χ1n) is 6.83. The molecule has 1 aromatic heterocycles. The summed E-state index contributed by atoms with van der Waals surface area (Å²) >= 11 is 1.69. The average Bonchev–Trinajstić information content (AvgIpc) is 2.45. The zero-order valence-corrected chi connectivity index (χ0v) is 12.7. The molecule has 1 aliphatic rings. The number of thioether (sulfide) groups is 1. The van der Waals surface area contributed by atoms with Crippen molar-refractivity contribution in [2.45, 2.75) is 25.9 Å². The molecule has 1 fully saturated rings. The maximum absolute atomic E-state index is 12.2. The number of hydrogen-bond donors (Lipinski definition) is 2. The van der Waals surface area contributed by atoms with Gasteiger partial charge in [0.15, 0.2) is 0 Å². The van der Waals surface area contributed by atoms with Gasteiger partial charge >= 0.3 is 12.0 Å². The van der Waals surface area contributed by atoms with Gasteiger partial charge in [-0.2, -0.15) is 11.8 Å². The zero-order chi connectivity index (χ0) is 15.2. The van der Waals surface area contributed by atoms with Crippen molar-refractivity contribution in [1.82, 2.24) is 15.2 Å². The predicted octanol–water partition coefficient (Wildman–Crippen LogP) is 1.49. The Hall–Kier alpha value is -1.76. The monoisotopic (exact) mass is 309 g/mol. The minimum Gasteiger partial charge on any atom is -0.481 e. The summed E-state index contributed by atoms with van der Waals surface area (Å²) in [6, 6.07) is 5.19. The number of nitrogens with one attached hydrogen (secondary N) is 1. The van der Waals surface area contributed by atoms with Crippen LogP contribution in [0.2, 0.25) is 0 Å². The van der Waals surface area contributed by atoms with Crippen LogP contribution in [0.1, 0.15) is 17.8 Å². The average molecular weight is 309 g/mol. The summed E-state index contributed by atoms with van der Waals surface area (Å²) in [5.41, 5.74) is 1.70. The molecule has 2 rings (SSSR count). The van der Waals surface area contributed by atoms with Gasteiger partial charge in [-0.3, -0.25) is 9.78 Å². The van der Waals surface area contributed by atoms with E-state index in [9.17, 15) is 9.59 Å². The molecule has 1 unspecified atom stereocenters. The zero-order valence-electron chi connectivity index (χ0n) is 11.9. The molecule has 1 aromatic rings. The van der Waals surface area contributed by atoms with E-state index < -0.39 is 5.97 Å². The van der Waals surface area contributed by atoms with Crippen molar-refractivity contribution in [2.75, 3.05) is 18.1 Å². The Morgan fingerprint density at radius 3 is 3.05 bits per heavy atom. The van der Waals surface area contributed by atoms with Crippen molar-refractivity contribution < 1.29 is 14.7 Å². The lowest BCUT2D eigenvalue weighted by atomic mass is 10.2. The summed E-state index contributed by atoms with van der Waals surface area (Å²) in [4.78, 5) is 29.1. The lowest BCUT2D eigenvalue weighted by Gasteiger charge is -2.34. The molecule has 0 aliphatic carbocycles. The second-order valence-corrected chi connectivity index (χ2v) is 6.10. The summed E-state index contributed by atoms with van der Waals surface area (Å²) < 4.78 is 0. The number of aryl methyl sites for hydroxylation is 1. The summed E-state index contributed by atoms with van der Waals surface area (Å²) in [7, 11) is 0. The highest BCUT2D eigenvalue weighted by Crippen LogP contribution is 2.19. The van der Waals surface area contributed by atoms with Crippen molar-refractivity contribution >= 4 is 23.8 Å². The number of carboxylic acids is 1. The molecular formula is C14H19N3O3S. The summed E-state index contributed by atoms with van der Waals surface area (Å²) in [6.07, 6.45) is -0.0108. The smallest absolute Gasteiger partial charge is 0.318 e. The Labute approximate surface area is 127 Å². The van der Waals surface area contributed by atoms with Crippen LogP contribution in [0.5, 0.6) is 0 Å².